The van der Waals surface area contributed by atoms with Gasteiger partial charge >= 0.3 is 0 Å². The number of aromatic nitrogens is 2. The van der Waals surface area contributed by atoms with Crippen molar-refractivity contribution in [1.82, 2.24) is 9.97 Å². The number of pyridine rings is 1. The van der Waals surface area contributed by atoms with E-state index in [-0.39, 0.29) is 5.82 Å². The maximum absolute atomic E-state index is 12.8. The third-order valence-electron chi connectivity index (χ3n) is 2.43. The predicted molar refractivity (Wildman–Crippen MR) is 73.4 cm³/mol. The fourth-order valence-electron chi connectivity index (χ4n) is 1.52. The highest BCUT2D eigenvalue weighted by molar-refractivity contribution is 7.15. The van der Waals surface area contributed by atoms with Crippen LogP contribution in [0.2, 0.25) is 0 Å². The summed E-state index contributed by atoms with van der Waals surface area (Å²) in [6, 6.07) is 3.06. The van der Waals surface area contributed by atoms with Gasteiger partial charge in [0.25, 0.3) is 0 Å². The van der Waals surface area contributed by atoms with Crippen molar-refractivity contribution < 1.29 is 4.39 Å². The van der Waals surface area contributed by atoms with E-state index in [0.717, 1.165) is 22.2 Å². The summed E-state index contributed by atoms with van der Waals surface area (Å²) in [4.78, 5) is 9.65. The van der Waals surface area contributed by atoms with E-state index < -0.39 is 0 Å². The minimum atomic E-state index is -0.329. The number of aryl methyl sites for hydroxylation is 1. The smallest absolute Gasteiger partial charge is 0.183 e. The van der Waals surface area contributed by atoms with Crippen LogP contribution in [0.5, 0.6) is 0 Å². The SMILES string of the molecule is Cc1sc(NCC(C)C)nc1-c1ccc(F)cn1. The van der Waals surface area contributed by atoms with Crippen LogP contribution in [-0.2, 0) is 0 Å². The third-order valence-corrected chi connectivity index (χ3v) is 3.36. The van der Waals surface area contributed by atoms with Crippen LogP contribution < -0.4 is 5.32 Å². The van der Waals surface area contributed by atoms with E-state index in [4.69, 9.17) is 0 Å². The molecule has 2 rings (SSSR count). The molecule has 0 radical (unpaired) electrons. The molecule has 5 heteroatoms. The van der Waals surface area contributed by atoms with Gasteiger partial charge in [-0.05, 0) is 25.0 Å². The van der Waals surface area contributed by atoms with Crippen molar-refractivity contribution in [2.75, 3.05) is 11.9 Å². The van der Waals surface area contributed by atoms with E-state index in [1.54, 1.807) is 17.4 Å². The zero-order valence-electron chi connectivity index (χ0n) is 10.7. The average molecular weight is 265 g/mol. The van der Waals surface area contributed by atoms with Gasteiger partial charge < -0.3 is 5.32 Å². The van der Waals surface area contributed by atoms with Gasteiger partial charge in [0.1, 0.15) is 11.5 Å². The van der Waals surface area contributed by atoms with Crippen molar-refractivity contribution in [3.05, 3.63) is 29.0 Å². The molecule has 0 saturated heterocycles. The van der Waals surface area contributed by atoms with Gasteiger partial charge in [-0.25, -0.2) is 9.37 Å². The van der Waals surface area contributed by atoms with Gasteiger partial charge in [0.05, 0.1) is 11.9 Å². The second kappa shape index (κ2) is 5.44. The summed E-state index contributed by atoms with van der Waals surface area (Å²) in [6.45, 7) is 7.19. The zero-order valence-corrected chi connectivity index (χ0v) is 11.5. The normalized spacial score (nSPS) is 10.9. The molecule has 2 heterocycles. The second-order valence-corrected chi connectivity index (χ2v) is 5.76. The lowest BCUT2D eigenvalue weighted by atomic mass is 10.2. The highest BCUT2D eigenvalue weighted by Crippen LogP contribution is 2.29. The maximum Gasteiger partial charge on any atom is 0.183 e. The van der Waals surface area contributed by atoms with Crippen LogP contribution in [0.3, 0.4) is 0 Å². The summed E-state index contributed by atoms with van der Waals surface area (Å²) in [5.74, 6) is 0.242. The van der Waals surface area contributed by atoms with Crippen LogP contribution in [0.1, 0.15) is 18.7 Å². The van der Waals surface area contributed by atoms with Crippen LogP contribution in [-0.4, -0.2) is 16.5 Å². The Balaban J connectivity index is 2.21. The number of halogens is 1. The van der Waals surface area contributed by atoms with Gasteiger partial charge in [0, 0.05) is 11.4 Å². The number of nitrogens with zero attached hydrogens (tertiary/aromatic N) is 2. The molecule has 0 aliphatic rings. The Labute approximate surface area is 110 Å². The Kier molecular flexibility index (Phi) is 3.91. The molecule has 0 spiro atoms. The molecule has 0 aliphatic carbocycles. The lowest BCUT2D eigenvalue weighted by Crippen LogP contribution is -2.07. The molecule has 2 aromatic heterocycles. The first-order valence-corrected chi connectivity index (χ1v) is 6.71. The van der Waals surface area contributed by atoms with Gasteiger partial charge in [-0.2, -0.15) is 0 Å². The predicted octanol–water partition coefficient (Wildman–Crippen LogP) is 3.72. The quantitative estimate of drug-likeness (QED) is 0.915. The van der Waals surface area contributed by atoms with E-state index >= 15 is 0 Å². The van der Waals surface area contributed by atoms with E-state index in [1.165, 1.54) is 12.3 Å². The van der Waals surface area contributed by atoms with Crippen LogP contribution >= 0.6 is 11.3 Å². The second-order valence-electron chi connectivity index (χ2n) is 4.56. The maximum atomic E-state index is 12.8. The van der Waals surface area contributed by atoms with E-state index in [0.29, 0.717) is 11.6 Å². The van der Waals surface area contributed by atoms with Gasteiger partial charge in [0.15, 0.2) is 5.13 Å². The summed E-state index contributed by atoms with van der Waals surface area (Å²) >= 11 is 1.60. The number of nitrogens with one attached hydrogen (secondary N) is 1. The lowest BCUT2D eigenvalue weighted by Gasteiger charge is -2.04. The minimum Gasteiger partial charge on any atom is -0.361 e. The van der Waals surface area contributed by atoms with E-state index in [1.807, 2.05) is 6.92 Å². The summed E-state index contributed by atoms with van der Waals surface area (Å²) in [7, 11) is 0. The zero-order chi connectivity index (χ0) is 13.1. The third kappa shape index (κ3) is 3.04. The Bertz CT molecular complexity index is 520. The largest absolute Gasteiger partial charge is 0.361 e. The molecule has 1 N–H and O–H groups in total. The van der Waals surface area contributed by atoms with Crippen molar-refractivity contribution in [2.45, 2.75) is 20.8 Å². The van der Waals surface area contributed by atoms with Crippen molar-refractivity contribution in [3.63, 3.8) is 0 Å². The van der Waals surface area contributed by atoms with Crippen LogP contribution in [0, 0.1) is 18.7 Å². The van der Waals surface area contributed by atoms with Gasteiger partial charge in [-0.3, -0.25) is 4.98 Å². The lowest BCUT2D eigenvalue weighted by molar-refractivity contribution is 0.622. The van der Waals surface area contributed by atoms with Gasteiger partial charge in [-0.15, -0.1) is 11.3 Å². The first-order chi connectivity index (χ1) is 8.56. The fourth-order valence-corrected chi connectivity index (χ4v) is 2.35. The summed E-state index contributed by atoms with van der Waals surface area (Å²) < 4.78 is 12.8. The Morgan fingerprint density at radius 1 is 1.39 bits per heavy atom. The van der Waals surface area contributed by atoms with Crippen molar-refractivity contribution in [1.29, 1.82) is 0 Å². The first kappa shape index (κ1) is 13.0. The number of anilines is 1. The minimum absolute atomic E-state index is 0.329. The molecule has 2 aromatic rings. The molecule has 0 aliphatic heterocycles. The molecule has 0 unspecified atom stereocenters. The molecule has 0 bridgehead atoms. The summed E-state index contributed by atoms with van der Waals surface area (Å²) in [5.41, 5.74) is 1.54. The number of thiazole rings is 1. The van der Waals surface area contributed by atoms with Crippen molar-refractivity contribution in [2.24, 2.45) is 5.92 Å². The van der Waals surface area contributed by atoms with Crippen LogP contribution in [0.25, 0.3) is 11.4 Å². The van der Waals surface area contributed by atoms with Gasteiger partial charge in [-0.1, -0.05) is 13.8 Å². The van der Waals surface area contributed by atoms with Gasteiger partial charge in [0.2, 0.25) is 0 Å². The summed E-state index contributed by atoms with van der Waals surface area (Å²) in [6.07, 6.45) is 1.22. The van der Waals surface area contributed by atoms with Crippen LogP contribution in [0.15, 0.2) is 18.3 Å². The number of hydrogen-bond donors (Lipinski definition) is 1. The molecule has 18 heavy (non-hydrogen) atoms. The van der Waals surface area contributed by atoms with E-state index in [9.17, 15) is 4.39 Å². The topological polar surface area (TPSA) is 37.8 Å². The standard InChI is InChI=1S/C13H16FN3S/c1-8(2)6-16-13-17-12(9(3)18-13)11-5-4-10(14)7-15-11/h4-5,7-8H,6H2,1-3H3,(H,16,17). The molecule has 0 aromatic carbocycles. The number of hydrogen-bond acceptors (Lipinski definition) is 4. The molecule has 0 saturated carbocycles. The van der Waals surface area contributed by atoms with Crippen molar-refractivity contribution in [3.8, 4) is 11.4 Å². The molecular weight excluding hydrogens is 249 g/mol. The molecule has 0 fully saturated rings. The molecule has 0 atom stereocenters. The highest BCUT2D eigenvalue weighted by Gasteiger charge is 2.11. The molecule has 96 valence electrons. The monoisotopic (exact) mass is 265 g/mol. The summed E-state index contributed by atoms with van der Waals surface area (Å²) in [5, 5.41) is 4.18. The Morgan fingerprint density at radius 3 is 2.78 bits per heavy atom. The highest BCUT2D eigenvalue weighted by atomic mass is 32.1. The van der Waals surface area contributed by atoms with Crippen LogP contribution in [0.4, 0.5) is 9.52 Å². The molecule has 3 nitrogen and oxygen atoms in total. The Morgan fingerprint density at radius 2 is 2.17 bits per heavy atom. The molecular formula is C13H16FN3S. The first-order valence-electron chi connectivity index (χ1n) is 5.89. The average Bonchev–Trinajstić information content (AvgIpc) is 2.69. The van der Waals surface area contributed by atoms with Crippen molar-refractivity contribution >= 4 is 16.5 Å². The fraction of sp³-hybridized carbons (Fsp3) is 0.385. The molecule has 0 amide bonds. The van der Waals surface area contributed by atoms with E-state index in [2.05, 4.69) is 29.1 Å². The Hall–Kier alpha value is -1.49. The number of rotatable bonds is 4.